The van der Waals surface area contributed by atoms with Crippen LogP contribution in [0.4, 0.5) is 10.6 Å². The molecule has 0 spiro atoms. The molecular formula is C24H32N6O4. The Morgan fingerprint density at radius 1 is 1.24 bits per heavy atom. The van der Waals surface area contributed by atoms with Crippen LogP contribution >= 0.6 is 0 Å². The second-order valence-corrected chi connectivity index (χ2v) is 9.85. The van der Waals surface area contributed by atoms with Crippen LogP contribution in [-0.2, 0) is 4.74 Å². The lowest BCUT2D eigenvalue weighted by Crippen LogP contribution is -2.43. The summed E-state index contributed by atoms with van der Waals surface area (Å²) >= 11 is 0. The molecule has 4 rings (SSSR count). The van der Waals surface area contributed by atoms with Crippen LogP contribution in [-0.4, -0.2) is 65.1 Å². The van der Waals surface area contributed by atoms with Gasteiger partial charge in [0.25, 0.3) is 0 Å². The molecule has 1 aromatic carbocycles. The Bertz CT molecular complexity index is 1150. The van der Waals surface area contributed by atoms with Gasteiger partial charge in [0, 0.05) is 12.5 Å². The molecule has 0 aliphatic heterocycles. The molecule has 5 atom stereocenters. The quantitative estimate of drug-likeness (QED) is 0.519. The fraction of sp³-hybridized carbons (Fsp3) is 0.500. The number of nitrogen functional groups attached to an aromatic ring is 1. The topological polar surface area (TPSA) is 140 Å². The van der Waals surface area contributed by atoms with Crippen molar-refractivity contribution in [1.82, 2.24) is 24.4 Å². The monoisotopic (exact) mass is 468 g/mol. The maximum atomic E-state index is 13.2. The van der Waals surface area contributed by atoms with Gasteiger partial charge >= 0.3 is 6.09 Å². The summed E-state index contributed by atoms with van der Waals surface area (Å²) in [7, 11) is 0. The lowest BCUT2D eigenvalue weighted by Gasteiger charge is -2.34. The molecule has 3 aromatic rings. The Hall–Kier alpha value is -3.24. The summed E-state index contributed by atoms with van der Waals surface area (Å²) < 4.78 is 7.32. The summed E-state index contributed by atoms with van der Waals surface area (Å²) in [6.45, 7) is 7.59. The van der Waals surface area contributed by atoms with Crippen molar-refractivity contribution in [2.75, 3.05) is 12.3 Å². The van der Waals surface area contributed by atoms with Crippen molar-refractivity contribution in [3.8, 4) is 0 Å². The third-order valence-corrected chi connectivity index (χ3v) is 6.29. The van der Waals surface area contributed by atoms with Crippen LogP contribution in [0.2, 0.25) is 0 Å². The number of ether oxygens (including phenoxy) is 1. The van der Waals surface area contributed by atoms with Crippen LogP contribution in [0.3, 0.4) is 0 Å². The van der Waals surface area contributed by atoms with Crippen LogP contribution < -0.4 is 5.73 Å². The molecule has 1 amide bonds. The van der Waals surface area contributed by atoms with E-state index in [4.69, 9.17) is 10.5 Å². The number of aliphatic hydroxyl groups is 2. The van der Waals surface area contributed by atoms with E-state index in [1.54, 1.807) is 9.47 Å². The number of rotatable bonds is 5. The maximum Gasteiger partial charge on any atom is 0.410 e. The van der Waals surface area contributed by atoms with Crippen molar-refractivity contribution in [1.29, 1.82) is 0 Å². The van der Waals surface area contributed by atoms with E-state index >= 15 is 0 Å². The van der Waals surface area contributed by atoms with Gasteiger partial charge in [-0.25, -0.2) is 19.7 Å². The van der Waals surface area contributed by atoms with E-state index in [0.717, 1.165) is 5.56 Å². The van der Waals surface area contributed by atoms with Crippen molar-refractivity contribution >= 4 is 23.1 Å². The second kappa shape index (κ2) is 9.19. The molecule has 4 N–H and O–H groups in total. The van der Waals surface area contributed by atoms with Gasteiger partial charge in [-0.1, -0.05) is 30.3 Å². The first kappa shape index (κ1) is 23.9. The Labute approximate surface area is 198 Å². The number of nitrogens with zero attached hydrogens (tertiary/aromatic N) is 5. The lowest BCUT2D eigenvalue weighted by atomic mass is 10.0. The normalized spacial score (nSPS) is 23.7. The first-order chi connectivity index (χ1) is 16.1. The summed E-state index contributed by atoms with van der Waals surface area (Å²) in [5.74, 6) is -0.162. The molecule has 10 heteroatoms. The van der Waals surface area contributed by atoms with E-state index < -0.39 is 35.9 Å². The van der Waals surface area contributed by atoms with Crippen molar-refractivity contribution in [3.63, 3.8) is 0 Å². The van der Waals surface area contributed by atoms with E-state index in [0.29, 0.717) is 17.6 Å². The van der Waals surface area contributed by atoms with Crippen molar-refractivity contribution in [2.45, 2.75) is 64.0 Å². The lowest BCUT2D eigenvalue weighted by molar-refractivity contribution is 0.00535. The summed E-state index contributed by atoms with van der Waals surface area (Å²) in [6, 6.07) is 8.68. The zero-order chi connectivity index (χ0) is 24.6. The van der Waals surface area contributed by atoms with Gasteiger partial charge in [0.05, 0.1) is 30.6 Å². The molecule has 2 heterocycles. The number of hydrogen-bond acceptors (Lipinski definition) is 8. The van der Waals surface area contributed by atoms with Gasteiger partial charge in [0.1, 0.15) is 17.4 Å². The van der Waals surface area contributed by atoms with E-state index in [1.807, 2.05) is 58.0 Å². The molecule has 0 saturated heterocycles. The van der Waals surface area contributed by atoms with Crippen LogP contribution in [0, 0.1) is 5.92 Å². The Balaban J connectivity index is 1.61. The van der Waals surface area contributed by atoms with E-state index in [-0.39, 0.29) is 18.4 Å². The highest BCUT2D eigenvalue weighted by Crippen LogP contribution is 2.39. The molecule has 2 aromatic heterocycles. The molecule has 10 nitrogen and oxygen atoms in total. The number of benzene rings is 1. The first-order valence-electron chi connectivity index (χ1n) is 11.4. The average Bonchev–Trinajstić information content (AvgIpc) is 3.31. The van der Waals surface area contributed by atoms with Gasteiger partial charge in [0.15, 0.2) is 11.5 Å². The SMILES string of the molecule is C[C@H](c1ccccc1)N(C[C@@H]1C[C@H](O)[C@@H](n2cnc3c(N)ncnc32)[C@@H]1O)C(=O)OC(C)(C)C. The predicted molar refractivity (Wildman–Crippen MR) is 127 cm³/mol. The van der Waals surface area contributed by atoms with E-state index in [1.165, 1.54) is 12.7 Å². The predicted octanol–water partition coefficient (Wildman–Crippen LogP) is 2.69. The number of amides is 1. The summed E-state index contributed by atoms with van der Waals surface area (Å²) in [5.41, 5.74) is 7.03. The zero-order valence-electron chi connectivity index (χ0n) is 19.9. The number of fused-ring (bicyclic) bond motifs is 1. The van der Waals surface area contributed by atoms with Crippen LogP contribution in [0.5, 0.6) is 0 Å². The van der Waals surface area contributed by atoms with Crippen molar-refractivity contribution in [2.24, 2.45) is 5.92 Å². The fourth-order valence-corrected chi connectivity index (χ4v) is 4.59. The zero-order valence-corrected chi connectivity index (χ0v) is 19.9. The standard InChI is InChI=1S/C24H32N6O4/c1-14(15-8-6-5-7-9-15)29(23(33)34-24(2,3)4)11-16-10-17(31)19(20(16)32)30-13-28-18-21(25)26-12-27-22(18)30/h5-9,12-14,16-17,19-20,31-32H,10-11H2,1-4H3,(H2,25,26,27)/t14-,16+,17+,19-,20-/m1/s1. The summed E-state index contributed by atoms with van der Waals surface area (Å²) in [5, 5.41) is 22.2. The van der Waals surface area contributed by atoms with Crippen molar-refractivity contribution in [3.05, 3.63) is 48.5 Å². The average molecular weight is 469 g/mol. The van der Waals surface area contributed by atoms with Gasteiger partial charge in [0.2, 0.25) is 0 Å². The van der Waals surface area contributed by atoms with Crippen LogP contribution in [0.15, 0.2) is 43.0 Å². The van der Waals surface area contributed by atoms with Gasteiger partial charge < -0.3 is 30.2 Å². The molecule has 182 valence electrons. The number of carbonyl (C=O) groups is 1. The molecule has 0 bridgehead atoms. The number of nitrogens with two attached hydrogens (primary N) is 1. The minimum atomic E-state index is -0.948. The molecule has 0 radical (unpaired) electrons. The number of aliphatic hydroxyl groups excluding tert-OH is 2. The number of anilines is 1. The van der Waals surface area contributed by atoms with E-state index in [9.17, 15) is 15.0 Å². The minimum absolute atomic E-state index is 0.212. The number of hydrogen-bond donors (Lipinski definition) is 3. The van der Waals surface area contributed by atoms with Gasteiger partial charge in [-0.2, -0.15) is 0 Å². The van der Waals surface area contributed by atoms with Gasteiger partial charge in [-0.3, -0.25) is 0 Å². The van der Waals surface area contributed by atoms with Gasteiger partial charge in [-0.15, -0.1) is 0 Å². The third kappa shape index (κ3) is 4.69. The largest absolute Gasteiger partial charge is 0.444 e. The Morgan fingerprint density at radius 2 is 1.94 bits per heavy atom. The molecule has 34 heavy (non-hydrogen) atoms. The molecule has 1 aliphatic rings. The second-order valence-electron chi connectivity index (χ2n) is 9.85. The highest BCUT2D eigenvalue weighted by Gasteiger charge is 2.45. The molecule has 1 aliphatic carbocycles. The molecular weight excluding hydrogens is 436 g/mol. The van der Waals surface area contributed by atoms with Crippen LogP contribution in [0.1, 0.15) is 51.8 Å². The van der Waals surface area contributed by atoms with Gasteiger partial charge in [-0.05, 0) is 39.7 Å². The molecule has 1 saturated carbocycles. The number of carbonyl (C=O) groups excluding carboxylic acids is 1. The highest BCUT2D eigenvalue weighted by molar-refractivity contribution is 5.81. The van der Waals surface area contributed by atoms with E-state index in [2.05, 4.69) is 15.0 Å². The molecule has 0 unspecified atom stereocenters. The Kier molecular flexibility index (Phi) is 6.46. The maximum absolute atomic E-state index is 13.2. The van der Waals surface area contributed by atoms with Crippen LogP contribution in [0.25, 0.3) is 11.2 Å². The summed E-state index contributed by atoms with van der Waals surface area (Å²) in [4.78, 5) is 27.3. The Morgan fingerprint density at radius 3 is 2.62 bits per heavy atom. The fourth-order valence-electron chi connectivity index (χ4n) is 4.59. The highest BCUT2D eigenvalue weighted by atomic mass is 16.6. The number of aromatic nitrogens is 4. The number of imidazole rings is 1. The molecule has 1 fully saturated rings. The van der Waals surface area contributed by atoms with Crippen molar-refractivity contribution < 1.29 is 19.7 Å². The minimum Gasteiger partial charge on any atom is -0.444 e. The smallest absolute Gasteiger partial charge is 0.410 e. The third-order valence-electron chi connectivity index (χ3n) is 6.29. The first-order valence-corrected chi connectivity index (χ1v) is 11.4. The summed E-state index contributed by atoms with van der Waals surface area (Å²) in [6.07, 6.45) is 0.854.